The quantitative estimate of drug-likeness (QED) is 0.722. The van der Waals surface area contributed by atoms with E-state index in [-0.39, 0.29) is 30.9 Å². The molecule has 2 atom stereocenters. The third-order valence-corrected chi connectivity index (χ3v) is 4.26. The molecule has 2 aromatic rings. The minimum Gasteiger partial charge on any atom is -0.496 e. The summed E-state index contributed by atoms with van der Waals surface area (Å²) < 4.78 is 10.5. The molecule has 0 aliphatic carbocycles. The third-order valence-electron chi connectivity index (χ3n) is 4.26. The molecule has 0 saturated heterocycles. The number of carbonyl (C=O) groups is 1. The van der Waals surface area contributed by atoms with Crippen LogP contribution < -0.4 is 10.1 Å². The van der Waals surface area contributed by atoms with Crippen LogP contribution in [0.5, 0.6) is 5.75 Å². The van der Waals surface area contributed by atoms with Crippen LogP contribution >= 0.6 is 0 Å². The molecule has 0 fully saturated rings. The van der Waals surface area contributed by atoms with E-state index in [1.165, 1.54) is 0 Å². The van der Waals surface area contributed by atoms with E-state index in [0.717, 1.165) is 12.0 Å². The van der Waals surface area contributed by atoms with Crippen LogP contribution in [0.4, 0.5) is 0 Å². The fraction of sp³-hybridized carbons (Fsp3) is 0.500. The van der Waals surface area contributed by atoms with Gasteiger partial charge in [-0.15, -0.1) is 0 Å². The highest BCUT2D eigenvalue weighted by Crippen LogP contribution is 2.27. The molecule has 2 rings (SSSR count). The highest BCUT2D eigenvalue weighted by molar-refractivity contribution is 5.76. The summed E-state index contributed by atoms with van der Waals surface area (Å²) in [5.74, 6) is 1.55. The lowest BCUT2D eigenvalue weighted by Crippen LogP contribution is -2.41. The highest BCUT2D eigenvalue weighted by Gasteiger charge is 2.18. The molecule has 136 valence electrons. The second-order valence-corrected chi connectivity index (χ2v) is 5.95. The van der Waals surface area contributed by atoms with Gasteiger partial charge >= 0.3 is 0 Å². The first-order chi connectivity index (χ1) is 12.1. The fourth-order valence-corrected chi connectivity index (χ4v) is 2.45. The van der Waals surface area contributed by atoms with E-state index in [1.807, 2.05) is 38.1 Å². The molecule has 2 N–H and O–H groups in total. The Hall–Kier alpha value is -2.41. The van der Waals surface area contributed by atoms with Crippen LogP contribution in [0.25, 0.3) is 11.4 Å². The number of rotatable bonds is 9. The number of nitrogens with zero attached hydrogens (tertiary/aromatic N) is 2. The summed E-state index contributed by atoms with van der Waals surface area (Å²) in [7, 11) is 1.58. The van der Waals surface area contributed by atoms with Gasteiger partial charge in [-0.3, -0.25) is 4.79 Å². The number of carbonyl (C=O) groups excluding carboxylic acids is 1. The number of hydrogen-bond donors (Lipinski definition) is 2. The topological polar surface area (TPSA) is 97.5 Å². The number of aliphatic hydroxyl groups excluding tert-OH is 1. The maximum atomic E-state index is 12.1. The van der Waals surface area contributed by atoms with Gasteiger partial charge in [0.1, 0.15) is 5.75 Å². The molecule has 0 unspecified atom stereocenters. The van der Waals surface area contributed by atoms with E-state index in [0.29, 0.717) is 23.9 Å². The van der Waals surface area contributed by atoms with E-state index in [2.05, 4.69) is 15.5 Å². The van der Waals surface area contributed by atoms with Gasteiger partial charge in [0.2, 0.25) is 17.6 Å². The Labute approximate surface area is 147 Å². The molecule has 0 aliphatic heterocycles. The number of methoxy groups -OCH3 is 1. The molecule has 0 spiro atoms. The van der Waals surface area contributed by atoms with Crippen molar-refractivity contribution in [2.24, 2.45) is 5.92 Å². The Morgan fingerprint density at radius 1 is 1.40 bits per heavy atom. The number of para-hydroxylation sites is 1. The number of hydrogen-bond acceptors (Lipinski definition) is 6. The van der Waals surface area contributed by atoms with Gasteiger partial charge in [0, 0.05) is 12.8 Å². The Kier molecular flexibility index (Phi) is 6.94. The summed E-state index contributed by atoms with van der Waals surface area (Å²) >= 11 is 0. The average Bonchev–Trinajstić information content (AvgIpc) is 3.12. The van der Waals surface area contributed by atoms with Crippen molar-refractivity contribution in [3.8, 4) is 17.1 Å². The Bertz CT molecular complexity index is 686. The van der Waals surface area contributed by atoms with Crippen molar-refractivity contribution in [3.05, 3.63) is 30.2 Å². The average molecular weight is 347 g/mol. The van der Waals surface area contributed by atoms with Crippen LogP contribution in [-0.4, -0.2) is 40.9 Å². The first kappa shape index (κ1) is 18.9. The van der Waals surface area contributed by atoms with Crippen LogP contribution in [0.15, 0.2) is 28.8 Å². The van der Waals surface area contributed by atoms with Crippen molar-refractivity contribution >= 4 is 5.91 Å². The summed E-state index contributed by atoms with van der Waals surface area (Å²) in [5, 5.41) is 16.2. The molecule has 0 bridgehead atoms. The van der Waals surface area contributed by atoms with Crippen molar-refractivity contribution < 1.29 is 19.2 Å². The SMILES string of the molecule is CC[C@@H](C)[C@H](CO)NC(=O)CCc1nc(-c2ccccc2OC)no1. The van der Waals surface area contributed by atoms with Crippen molar-refractivity contribution in [1.82, 2.24) is 15.5 Å². The van der Waals surface area contributed by atoms with Crippen molar-refractivity contribution in [1.29, 1.82) is 0 Å². The minimum absolute atomic E-state index is 0.0702. The van der Waals surface area contributed by atoms with Gasteiger partial charge < -0.3 is 19.7 Å². The third kappa shape index (κ3) is 5.03. The normalized spacial score (nSPS) is 13.3. The lowest BCUT2D eigenvalue weighted by molar-refractivity contribution is -0.122. The second-order valence-electron chi connectivity index (χ2n) is 5.95. The van der Waals surface area contributed by atoms with Gasteiger partial charge in [0.25, 0.3) is 0 Å². The zero-order valence-corrected chi connectivity index (χ0v) is 14.9. The van der Waals surface area contributed by atoms with Gasteiger partial charge in [-0.25, -0.2) is 0 Å². The van der Waals surface area contributed by atoms with E-state index in [1.54, 1.807) is 7.11 Å². The molecule has 7 heteroatoms. The first-order valence-corrected chi connectivity index (χ1v) is 8.45. The molecule has 25 heavy (non-hydrogen) atoms. The van der Waals surface area contributed by atoms with Crippen LogP contribution in [-0.2, 0) is 11.2 Å². The number of aliphatic hydroxyl groups is 1. The number of nitrogens with one attached hydrogen (secondary N) is 1. The molecule has 1 amide bonds. The Balaban J connectivity index is 1.94. The zero-order chi connectivity index (χ0) is 18.2. The van der Waals surface area contributed by atoms with Crippen LogP contribution in [0, 0.1) is 5.92 Å². The van der Waals surface area contributed by atoms with E-state index in [4.69, 9.17) is 9.26 Å². The highest BCUT2D eigenvalue weighted by atomic mass is 16.5. The van der Waals surface area contributed by atoms with Crippen molar-refractivity contribution in [3.63, 3.8) is 0 Å². The first-order valence-electron chi connectivity index (χ1n) is 8.45. The molecule has 1 aromatic heterocycles. The van der Waals surface area contributed by atoms with Crippen LogP contribution in [0.2, 0.25) is 0 Å². The van der Waals surface area contributed by atoms with Crippen molar-refractivity contribution in [2.75, 3.05) is 13.7 Å². The van der Waals surface area contributed by atoms with Gasteiger partial charge in [-0.05, 0) is 18.1 Å². The predicted octanol–water partition coefficient (Wildman–Crippen LogP) is 2.20. The minimum atomic E-state index is -0.232. The summed E-state index contributed by atoms with van der Waals surface area (Å²) in [5.41, 5.74) is 0.738. The van der Waals surface area contributed by atoms with Gasteiger partial charge in [-0.2, -0.15) is 4.98 Å². The van der Waals surface area contributed by atoms with Gasteiger partial charge in [-0.1, -0.05) is 37.6 Å². The molecule has 1 aromatic carbocycles. The molecular formula is C18H25N3O4. The Morgan fingerprint density at radius 2 is 2.16 bits per heavy atom. The van der Waals surface area contributed by atoms with Crippen molar-refractivity contribution in [2.45, 2.75) is 39.2 Å². The predicted molar refractivity (Wildman–Crippen MR) is 93.1 cm³/mol. The van der Waals surface area contributed by atoms with Crippen LogP contribution in [0.3, 0.4) is 0 Å². The summed E-state index contributed by atoms with van der Waals surface area (Å²) in [6.45, 7) is 3.95. The molecule has 0 aliphatic rings. The maximum Gasteiger partial charge on any atom is 0.227 e. The smallest absolute Gasteiger partial charge is 0.227 e. The molecular weight excluding hydrogens is 322 g/mol. The van der Waals surface area contributed by atoms with E-state index >= 15 is 0 Å². The largest absolute Gasteiger partial charge is 0.496 e. The number of amides is 1. The number of ether oxygens (including phenoxy) is 1. The molecule has 1 heterocycles. The van der Waals surface area contributed by atoms with E-state index in [9.17, 15) is 9.90 Å². The summed E-state index contributed by atoms with van der Waals surface area (Å²) in [4.78, 5) is 16.4. The summed E-state index contributed by atoms with van der Waals surface area (Å²) in [6, 6.07) is 7.17. The lowest BCUT2D eigenvalue weighted by Gasteiger charge is -2.21. The Morgan fingerprint density at radius 3 is 2.84 bits per heavy atom. The number of aromatic nitrogens is 2. The molecule has 0 saturated carbocycles. The lowest BCUT2D eigenvalue weighted by atomic mass is 10.00. The standard InChI is InChI=1S/C18H25N3O4/c1-4-12(2)14(11-22)19-16(23)9-10-17-20-18(21-25-17)13-7-5-6-8-15(13)24-3/h5-8,12,14,22H,4,9-11H2,1-3H3,(H,19,23)/t12-,14+/m1/s1. The van der Waals surface area contributed by atoms with Crippen LogP contribution in [0.1, 0.15) is 32.6 Å². The van der Waals surface area contributed by atoms with E-state index < -0.39 is 0 Å². The molecule has 7 nitrogen and oxygen atoms in total. The zero-order valence-electron chi connectivity index (χ0n) is 14.9. The monoisotopic (exact) mass is 347 g/mol. The molecule has 0 radical (unpaired) electrons. The summed E-state index contributed by atoms with van der Waals surface area (Å²) in [6.07, 6.45) is 1.45. The van der Waals surface area contributed by atoms with Gasteiger partial charge in [0.05, 0.1) is 25.3 Å². The maximum absolute atomic E-state index is 12.1. The fourth-order valence-electron chi connectivity index (χ4n) is 2.45. The van der Waals surface area contributed by atoms with Gasteiger partial charge in [0.15, 0.2) is 0 Å². The number of aryl methyl sites for hydroxylation is 1. The second kappa shape index (κ2) is 9.17. The number of benzene rings is 1.